The SMILES string of the molecule is COc1cccc(N2C(=O)[C@@H]3[C@H](C(C)C)N[C@@]4(c5ccccc5-n5c4nc4ccccc4c5=O)[C@H]3C2=O)c1. The topological polar surface area (TPSA) is 93.5 Å². The number of anilines is 1. The van der Waals surface area contributed by atoms with E-state index in [4.69, 9.17) is 9.72 Å². The van der Waals surface area contributed by atoms with Crippen LogP contribution in [0.5, 0.6) is 5.75 Å². The maximum absolute atomic E-state index is 14.4. The van der Waals surface area contributed by atoms with Crippen molar-refractivity contribution in [2.24, 2.45) is 17.8 Å². The van der Waals surface area contributed by atoms with E-state index in [0.29, 0.717) is 33.9 Å². The van der Waals surface area contributed by atoms with E-state index < -0.39 is 17.4 Å². The first-order valence-electron chi connectivity index (χ1n) is 12.8. The van der Waals surface area contributed by atoms with Crippen LogP contribution in [0.15, 0.2) is 77.6 Å². The molecular formula is C30H26N4O4. The lowest BCUT2D eigenvalue weighted by Gasteiger charge is -2.32. The molecule has 4 heterocycles. The Morgan fingerprint density at radius 3 is 2.50 bits per heavy atom. The van der Waals surface area contributed by atoms with Gasteiger partial charge in [-0.15, -0.1) is 0 Å². The molecule has 190 valence electrons. The van der Waals surface area contributed by atoms with Crippen LogP contribution in [0.4, 0.5) is 5.69 Å². The number of hydrogen-bond donors (Lipinski definition) is 1. The van der Waals surface area contributed by atoms with E-state index in [-0.39, 0.29) is 29.3 Å². The molecule has 0 radical (unpaired) electrons. The van der Waals surface area contributed by atoms with Crippen molar-refractivity contribution in [1.82, 2.24) is 14.9 Å². The molecule has 1 aromatic heterocycles. The lowest BCUT2D eigenvalue weighted by molar-refractivity contribution is -0.123. The number of amides is 2. The van der Waals surface area contributed by atoms with E-state index in [1.165, 1.54) is 4.90 Å². The fourth-order valence-corrected chi connectivity index (χ4v) is 6.73. The molecule has 8 heteroatoms. The summed E-state index contributed by atoms with van der Waals surface area (Å²) in [6.45, 7) is 4.09. The molecular weight excluding hydrogens is 480 g/mol. The molecule has 8 nitrogen and oxygen atoms in total. The van der Waals surface area contributed by atoms with Crippen molar-refractivity contribution in [3.05, 3.63) is 94.5 Å². The molecule has 0 unspecified atom stereocenters. The zero-order valence-corrected chi connectivity index (χ0v) is 21.2. The second-order valence-corrected chi connectivity index (χ2v) is 10.5. The van der Waals surface area contributed by atoms with Gasteiger partial charge in [0, 0.05) is 17.7 Å². The molecule has 2 saturated heterocycles. The molecule has 0 saturated carbocycles. The first-order valence-corrected chi connectivity index (χ1v) is 12.8. The summed E-state index contributed by atoms with van der Waals surface area (Å²) >= 11 is 0. The largest absolute Gasteiger partial charge is 0.497 e. The minimum absolute atomic E-state index is 0.0391. The maximum Gasteiger partial charge on any atom is 0.266 e. The summed E-state index contributed by atoms with van der Waals surface area (Å²) in [7, 11) is 1.55. The number of rotatable bonds is 3. The molecule has 2 amide bonds. The van der Waals surface area contributed by atoms with Gasteiger partial charge in [0.25, 0.3) is 5.56 Å². The van der Waals surface area contributed by atoms with Crippen molar-refractivity contribution in [3.8, 4) is 11.4 Å². The molecule has 38 heavy (non-hydrogen) atoms. The van der Waals surface area contributed by atoms with Crippen LogP contribution in [0.1, 0.15) is 25.2 Å². The van der Waals surface area contributed by atoms with E-state index in [9.17, 15) is 14.4 Å². The molecule has 4 atom stereocenters. The van der Waals surface area contributed by atoms with Crippen LogP contribution >= 0.6 is 0 Å². The van der Waals surface area contributed by atoms with E-state index in [2.05, 4.69) is 5.32 Å². The van der Waals surface area contributed by atoms with Crippen LogP contribution in [-0.2, 0) is 15.1 Å². The first-order chi connectivity index (χ1) is 18.4. The van der Waals surface area contributed by atoms with Crippen molar-refractivity contribution in [1.29, 1.82) is 0 Å². The number of nitrogens with one attached hydrogen (secondary N) is 1. The van der Waals surface area contributed by atoms with Gasteiger partial charge < -0.3 is 4.74 Å². The summed E-state index contributed by atoms with van der Waals surface area (Å²) in [5, 5.41) is 4.22. The summed E-state index contributed by atoms with van der Waals surface area (Å²) in [4.78, 5) is 48.6. The van der Waals surface area contributed by atoms with E-state index in [1.54, 1.807) is 42.0 Å². The van der Waals surface area contributed by atoms with E-state index in [0.717, 1.165) is 5.56 Å². The molecule has 1 spiro atoms. The summed E-state index contributed by atoms with van der Waals surface area (Å²) < 4.78 is 6.99. The summed E-state index contributed by atoms with van der Waals surface area (Å²) in [5.74, 6) is -0.922. The highest BCUT2D eigenvalue weighted by Gasteiger charge is 2.70. The average molecular weight is 507 g/mol. The van der Waals surface area contributed by atoms with Crippen LogP contribution < -0.4 is 20.5 Å². The maximum atomic E-state index is 14.4. The highest BCUT2D eigenvalue weighted by Crippen LogP contribution is 2.56. The quantitative estimate of drug-likeness (QED) is 0.428. The highest BCUT2D eigenvalue weighted by molar-refractivity contribution is 6.23. The Balaban J connectivity index is 1.52. The van der Waals surface area contributed by atoms with E-state index in [1.807, 2.05) is 56.3 Å². The Kier molecular flexibility index (Phi) is 4.72. The standard InChI is InChI=1S/C30H26N4O4/c1-16(2)25-23-24(28(37)33(27(23)36)17-9-8-10-18(15-17)38-3)30(32-25)20-12-5-7-14-22(20)34-26(35)19-11-4-6-13-21(19)31-29(30)34/h4-16,23-25,32H,1-3H3/t23-,24+,25-,30-/m0/s1. The fourth-order valence-electron chi connectivity index (χ4n) is 6.73. The Morgan fingerprint density at radius 2 is 1.71 bits per heavy atom. The minimum Gasteiger partial charge on any atom is -0.497 e. The second-order valence-electron chi connectivity index (χ2n) is 10.5. The number of imide groups is 1. The van der Waals surface area contributed by atoms with Gasteiger partial charge in [-0.1, -0.05) is 50.2 Å². The minimum atomic E-state index is -1.14. The van der Waals surface area contributed by atoms with Gasteiger partial charge in [0.1, 0.15) is 17.1 Å². The van der Waals surface area contributed by atoms with Gasteiger partial charge in [-0.05, 0) is 36.2 Å². The number of hydrogen-bond acceptors (Lipinski definition) is 6. The Morgan fingerprint density at radius 1 is 0.947 bits per heavy atom. The lowest BCUT2D eigenvalue weighted by atomic mass is 9.75. The highest BCUT2D eigenvalue weighted by atomic mass is 16.5. The van der Waals surface area contributed by atoms with Gasteiger partial charge >= 0.3 is 0 Å². The number of aromatic nitrogens is 2. The smallest absolute Gasteiger partial charge is 0.266 e. The third-order valence-electron chi connectivity index (χ3n) is 8.33. The molecule has 3 aliphatic heterocycles. The van der Waals surface area contributed by atoms with Crippen molar-refractivity contribution < 1.29 is 14.3 Å². The van der Waals surface area contributed by atoms with Gasteiger partial charge in [0.15, 0.2) is 0 Å². The van der Waals surface area contributed by atoms with Crippen molar-refractivity contribution in [2.45, 2.75) is 25.4 Å². The molecule has 2 fully saturated rings. The van der Waals surface area contributed by atoms with Crippen LogP contribution in [0.25, 0.3) is 16.6 Å². The zero-order chi connectivity index (χ0) is 26.3. The van der Waals surface area contributed by atoms with Crippen molar-refractivity contribution in [2.75, 3.05) is 12.0 Å². The van der Waals surface area contributed by atoms with Gasteiger partial charge in [0.2, 0.25) is 11.8 Å². The number of carbonyl (C=O) groups is 2. The van der Waals surface area contributed by atoms with Crippen molar-refractivity contribution >= 4 is 28.4 Å². The van der Waals surface area contributed by atoms with Gasteiger partial charge in [-0.3, -0.25) is 24.3 Å². The number of benzene rings is 3. The number of para-hydroxylation sites is 2. The monoisotopic (exact) mass is 506 g/mol. The van der Waals surface area contributed by atoms with Crippen LogP contribution in [0, 0.1) is 17.8 Å². The van der Waals surface area contributed by atoms with Crippen LogP contribution in [-0.4, -0.2) is 34.5 Å². The number of carbonyl (C=O) groups excluding carboxylic acids is 2. The summed E-state index contributed by atoms with van der Waals surface area (Å²) in [6, 6.07) is 21.5. The van der Waals surface area contributed by atoms with E-state index >= 15 is 0 Å². The zero-order valence-electron chi connectivity index (χ0n) is 21.2. The van der Waals surface area contributed by atoms with Crippen molar-refractivity contribution in [3.63, 3.8) is 0 Å². The fraction of sp³-hybridized carbons (Fsp3) is 0.267. The predicted molar refractivity (Wildman–Crippen MR) is 142 cm³/mol. The normalized spacial score (nSPS) is 25.4. The third-order valence-corrected chi connectivity index (χ3v) is 8.33. The summed E-state index contributed by atoms with van der Waals surface area (Å²) in [5.41, 5.74) is 1.17. The summed E-state index contributed by atoms with van der Waals surface area (Å²) in [6.07, 6.45) is 0. The third kappa shape index (κ3) is 2.73. The average Bonchev–Trinajstić information content (AvgIpc) is 3.52. The number of methoxy groups -OCH3 is 1. The number of fused-ring (bicyclic) bond motifs is 8. The number of nitrogens with zero attached hydrogens (tertiary/aromatic N) is 3. The molecule has 3 aromatic carbocycles. The van der Waals surface area contributed by atoms with Gasteiger partial charge in [0.05, 0.1) is 41.2 Å². The molecule has 0 bridgehead atoms. The molecule has 3 aliphatic rings. The first kappa shape index (κ1) is 22.9. The molecule has 1 N–H and O–H groups in total. The van der Waals surface area contributed by atoms with Gasteiger partial charge in [-0.25, -0.2) is 9.88 Å². The second kappa shape index (κ2) is 7.85. The predicted octanol–water partition coefficient (Wildman–Crippen LogP) is 3.38. The Labute approximate surface area is 218 Å². The molecule has 7 rings (SSSR count). The van der Waals surface area contributed by atoms with Crippen LogP contribution in [0.2, 0.25) is 0 Å². The molecule has 4 aromatic rings. The Hall–Kier alpha value is -4.30. The Bertz CT molecular complexity index is 1730. The number of ether oxygens (including phenoxy) is 1. The molecule has 0 aliphatic carbocycles. The van der Waals surface area contributed by atoms with Gasteiger partial charge in [-0.2, -0.15) is 0 Å². The van der Waals surface area contributed by atoms with Crippen LogP contribution in [0.3, 0.4) is 0 Å². The lowest BCUT2D eigenvalue weighted by Crippen LogP contribution is -2.51.